The fourth-order valence-electron chi connectivity index (χ4n) is 6.25. The summed E-state index contributed by atoms with van der Waals surface area (Å²) in [6, 6.07) is 11.4. The van der Waals surface area contributed by atoms with Crippen molar-refractivity contribution in [3.8, 4) is 11.4 Å². The molecule has 0 aliphatic carbocycles. The normalized spacial score (nSPS) is 25.7. The van der Waals surface area contributed by atoms with E-state index < -0.39 is 55.0 Å². The predicted molar refractivity (Wildman–Crippen MR) is 168 cm³/mol. The Labute approximate surface area is 280 Å². The minimum atomic E-state index is -1.83. The molecule has 1 aromatic carbocycles. The number of rotatable bonds is 13. The summed E-state index contributed by atoms with van der Waals surface area (Å²) in [5, 5.41) is 42.4. The summed E-state index contributed by atoms with van der Waals surface area (Å²) >= 11 is 0. The first kappa shape index (κ1) is 34.8. The summed E-state index contributed by atoms with van der Waals surface area (Å²) in [5.74, 6) is -0.768. The summed E-state index contributed by atoms with van der Waals surface area (Å²) < 4.78 is 34.2. The van der Waals surface area contributed by atoms with Crippen molar-refractivity contribution in [1.29, 1.82) is 0 Å². The van der Waals surface area contributed by atoms with Crippen molar-refractivity contribution in [1.82, 2.24) is 14.9 Å². The van der Waals surface area contributed by atoms with Gasteiger partial charge >= 0.3 is 12.1 Å². The lowest BCUT2D eigenvalue weighted by Gasteiger charge is -2.39. The highest BCUT2D eigenvalue weighted by molar-refractivity contribution is 5.88. The highest BCUT2D eigenvalue weighted by atomic mass is 16.7. The molecule has 1 saturated heterocycles. The van der Waals surface area contributed by atoms with E-state index in [-0.39, 0.29) is 69.3 Å². The monoisotopic (exact) mass is 685 g/mol. The highest BCUT2D eigenvalue weighted by Gasteiger charge is 2.50. The van der Waals surface area contributed by atoms with Crippen molar-refractivity contribution < 1.29 is 58.4 Å². The van der Waals surface area contributed by atoms with Crippen LogP contribution in [0.2, 0.25) is 0 Å². The number of esters is 1. The SMILES string of the molecule is CC[C@@]1(OC(=O)NCCOCCOCCO[C@@H]2O[C@H](CO)[C@@H](O)[C@H](O)[C@H]2O)C(=O)OCc2c1cc1n(c2=O)Cc2cc3ccccc3nc2-1. The summed E-state index contributed by atoms with van der Waals surface area (Å²) in [4.78, 5) is 44.6. The average molecular weight is 686 g/mol. The van der Waals surface area contributed by atoms with Gasteiger partial charge in [0.15, 0.2) is 6.29 Å². The van der Waals surface area contributed by atoms with E-state index in [0.717, 1.165) is 16.5 Å². The van der Waals surface area contributed by atoms with E-state index in [4.69, 9.17) is 33.4 Å². The summed E-state index contributed by atoms with van der Waals surface area (Å²) in [7, 11) is 0. The fraction of sp³-hybridized carbons (Fsp3) is 0.515. The highest BCUT2D eigenvalue weighted by Crippen LogP contribution is 2.41. The number of carbonyl (C=O) groups is 2. The number of cyclic esters (lactones) is 1. The molecule has 5 heterocycles. The van der Waals surface area contributed by atoms with Gasteiger partial charge in [-0.05, 0) is 24.6 Å². The van der Waals surface area contributed by atoms with E-state index in [2.05, 4.69) is 5.32 Å². The second-order valence-electron chi connectivity index (χ2n) is 11.9. The Hall–Kier alpha value is -4.00. The van der Waals surface area contributed by atoms with Crippen LogP contribution in [0.3, 0.4) is 0 Å². The molecule has 0 spiro atoms. The Morgan fingerprint density at radius 1 is 1.04 bits per heavy atom. The first-order valence-electron chi connectivity index (χ1n) is 16.1. The largest absolute Gasteiger partial charge is 0.457 e. The van der Waals surface area contributed by atoms with Crippen molar-refractivity contribution in [3.05, 3.63) is 63.4 Å². The number of benzene rings is 1. The van der Waals surface area contributed by atoms with Gasteiger partial charge in [0, 0.05) is 23.1 Å². The lowest BCUT2D eigenvalue weighted by atomic mass is 9.85. The number of hydrogen-bond donors (Lipinski definition) is 5. The number of fused-ring (bicyclic) bond motifs is 5. The number of pyridine rings is 2. The Morgan fingerprint density at radius 3 is 2.57 bits per heavy atom. The van der Waals surface area contributed by atoms with Gasteiger partial charge in [-0.15, -0.1) is 0 Å². The van der Waals surface area contributed by atoms with Crippen molar-refractivity contribution in [2.24, 2.45) is 0 Å². The van der Waals surface area contributed by atoms with Crippen LogP contribution in [0.15, 0.2) is 41.2 Å². The van der Waals surface area contributed by atoms with Crippen molar-refractivity contribution in [3.63, 3.8) is 0 Å². The minimum absolute atomic E-state index is 0.00388. The second kappa shape index (κ2) is 14.9. The van der Waals surface area contributed by atoms with E-state index in [1.807, 2.05) is 30.3 Å². The molecule has 264 valence electrons. The Kier molecular flexibility index (Phi) is 10.6. The number of alkyl carbamates (subject to hydrolysis) is 1. The number of amides is 1. The van der Waals surface area contributed by atoms with Crippen LogP contribution in [0.1, 0.15) is 30.0 Å². The quantitative estimate of drug-likeness (QED) is 0.0899. The lowest BCUT2D eigenvalue weighted by Crippen LogP contribution is -2.59. The van der Waals surface area contributed by atoms with E-state index in [1.165, 1.54) is 0 Å². The van der Waals surface area contributed by atoms with Crippen LogP contribution in [0.4, 0.5) is 4.79 Å². The second-order valence-corrected chi connectivity index (χ2v) is 11.9. The standard InChI is InChI=1S/C33H39N3O13/c1-2-33(49-32(43)34-7-8-44-9-10-45-11-12-46-30-28(40)27(39)26(38)24(16-37)48-30)21-14-23-25-19(13-18-5-3-4-6-22(18)35-25)15-36(23)29(41)20(21)17-47-31(33)42/h3-6,13-14,24,26-28,30,37-40H,2,7-12,15-17H2,1H3,(H,34,43)/t24-,26-,27+,28-,30-,33+/m1/s1. The van der Waals surface area contributed by atoms with Crippen molar-refractivity contribution in [2.45, 2.75) is 62.8 Å². The van der Waals surface area contributed by atoms with Crippen LogP contribution >= 0.6 is 0 Å². The molecule has 0 radical (unpaired) electrons. The number of nitrogens with zero attached hydrogens (tertiary/aromatic N) is 2. The maximum Gasteiger partial charge on any atom is 0.408 e. The van der Waals surface area contributed by atoms with Crippen LogP contribution in [-0.4, -0.2) is 119 Å². The number of carbonyl (C=O) groups excluding carboxylic acids is 2. The molecular formula is C33H39N3O13. The minimum Gasteiger partial charge on any atom is -0.457 e. The van der Waals surface area contributed by atoms with Crippen molar-refractivity contribution in [2.75, 3.05) is 46.2 Å². The number of ether oxygens (including phenoxy) is 6. The van der Waals surface area contributed by atoms with Crippen LogP contribution in [0, 0.1) is 0 Å². The Morgan fingerprint density at radius 2 is 1.80 bits per heavy atom. The van der Waals surface area contributed by atoms with Gasteiger partial charge in [0.05, 0.1) is 68.7 Å². The summed E-state index contributed by atoms with van der Waals surface area (Å²) in [6.45, 7) is 1.81. The predicted octanol–water partition coefficient (Wildman–Crippen LogP) is -0.337. The number of para-hydroxylation sites is 1. The molecule has 0 bridgehead atoms. The molecule has 3 aliphatic heterocycles. The Bertz CT molecular complexity index is 1750. The molecule has 2 aromatic heterocycles. The van der Waals surface area contributed by atoms with Crippen LogP contribution < -0.4 is 10.9 Å². The van der Waals surface area contributed by atoms with Gasteiger partial charge in [-0.2, -0.15) is 0 Å². The van der Waals surface area contributed by atoms with Gasteiger partial charge < -0.3 is 58.7 Å². The van der Waals surface area contributed by atoms with Gasteiger partial charge in [-0.1, -0.05) is 25.1 Å². The molecule has 0 unspecified atom stereocenters. The first-order chi connectivity index (χ1) is 23.7. The molecule has 1 amide bonds. The maximum atomic E-state index is 13.7. The van der Waals surface area contributed by atoms with Gasteiger partial charge in [0.25, 0.3) is 5.56 Å². The average Bonchev–Trinajstić information content (AvgIpc) is 3.46. The first-order valence-corrected chi connectivity index (χ1v) is 16.1. The molecule has 6 atom stereocenters. The number of aliphatic hydroxyl groups excluding tert-OH is 4. The van der Waals surface area contributed by atoms with Crippen molar-refractivity contribution >= 4 is 23.0 Å². The third-order valence-electron chi connectivity index (χ3n) is 8.90. The lowest BCUT2D eigenvalue weighted by molar-refractivity contribution is -0.302. The third kappa shape index (κ3) is 6.78. The van der Waals surface area contributed by atoms with E-state index in [1.54, 1.807) is 17.6 Å². The van der Waals surface area contributed by atoms with Gasteiger partial charge in [0.1, 0.15) is 31.0 Å². The molecule has 0 saturated carbocycles. The maximum absolute atomic E-state index is 13.7. The number of aromatic nitrogens is 2. The molecule has 5 N–H and O–H groups in total. The smallest absolute Gasteiger partial charge is 0.408 e. The molecule has 49 heavy (non-hydrogen) atoms. The fourth-order valence-corrected chi connectivity index (χ4v) is 6.25. The summed E-state index contributed by atoms with van der Waals surface area (Å²) in [5.41, 5.74) is 1.18. The van der Waals surface area contributed by atoms with Crippen LogP contribution in [0.5, 0.6) is 0 Å². The molecule has 1 fully saturated rings. The molecule has 3 aromatic rings. The molecule has 16 heteroatoms. The number of aliphatic hydroxyl groups is 4. The zero-order valence-corrected chi connectivity index (χ0v) is 26.8. The van der Waals surface area contributed by atoms with Gasteiger partial charge in [-0.25, -0.2) is 14.6 Å². The van der Waals surface area contributed by atoms with Gasteiger partial charge in [-0.3, -0.25) is 4.79 Å². The summed E-state index contributed by atoms with van der Waals surface area (Å²) in [6.07, 6.45) is -7.66. The van der Waals surface area contributed by atoms with E-state index >= 15 is 0 Å². The number of nitrogens with one attached hydrogen (secondary N) is 1. The molecule has 16 nitrogen and oxygen atoms in total. The zero-order valence-electron chi connectivity index (χ0n) is 26.8. The third-order valence-corrected chi connectivity index (χ3v) is 8.90. The molecular weight excluding hydrogens is 646 g/mol. The van der Waals surface area contributed by atoms with E-state index in [0.29, 0.717) is 17.9 Å². The molecule has 6 rings (SSSR count). The topological polar surface area (TPSA) is 217 Å². The Balaban J connectivity index is 0.987. The van der Waals surface area contributed by atoms with E-state index in [9.17, 15) is 34.8 Å². The molecule has 3 aliphatic rings. The van der Waals surface area contributed by atoms with Crippen LogP contribution in [0.25, 0.3) is 22.3 Å². The number of hydrogen-bond acceptors (Lipinski definition) is 14. The van der Waals surface area contributed by atoms with Gasteiger partial charge in [0.2, 0.25) is 5.60 Å². The van der Waals surface area contributed by atoms with Crippen LogP contribution in [-0.2, 0) is 52.0 Å². The zero-order chi connectivity index (χ0) is 34.7.